The summed E-state index contributed by atoms with van der Waals surface area (Å²) in [7, 11) is 3.87. The number of hydrogen-bond acceptors (Lipinski definition) is 2. The molecule has 0 bridgehead atoms. The molecule has 0 radical (unpaired) electrons. The van der Waals surface area contributed by atoms with Gasteiger partial charge in [-0.05, 0) is 21.0 Å². The predicted octanol–water partition coefficient (Wildman–Crippen LogP) is 0.754. The molecule has 56 valence electrons. The second-order valence-electron chi connectivity index (χ2n) is 2.31. The highest BCUT2D eigenvalue weighted by atomic mass is 19.2. The lowest BCUT2D eigenvalue weighted by molar-refractivity contribution is 0.0260. The molecule has 0 aliphatic rings. The van der Waals surface area contributed by atoms with Crippen LogP contribution in [0.4, 0.5) is 4.48 Å². The molecule has 0 aromatic carbocycles. The molecule has 0 aromatic rings. The fraction of sp³-hybridized carbons (Fsp3) is 1.00. The van der Waals surface area contributed by atoms with Gasteiger partial charge in [0, 0.05) is 19.6 Å². The summed E-state index contributed by atoms with van der Waals surface area (Å²) in [6.07, 6.45) is 0. The lowest BCUT2D eigenvalue weighted by atomic mass is 10.5. The Balaban J connectivity index is 3.06. The molecule has 0 spiro atoms. The first kappa shape index (κ1) is 8.85. The summed E-state index contributed by atoms with van der Waals surface area (Å²) in [6, 6.07) is 0. The maximum atomic E-state index is 12.3. The Morgan fingerprint density at radius 3 is 2.11 bits per heavy atom. The quantitative estimate of drug-likeness (QED) is 0.524. The van der Waals surface area contributed by atoms with Crippen molar-refractivity contribution in [3.05, 3.63) is 0 Å². The largest absolute Gasteiger partial charge is 0.308 e. The SMILES string of the molecule is CCN(F)CCN(C)C. The van der Waals surface area contributed by atoms with E-state index in [4.69, 9.17) is 0 Å². The third kappa shape index (κ3) is 5.73. The first-order chi connectivity index (χ1) is 4.16. The van der Waals surface area contributed by atoms with Crippen LogP contribution >= 0.6 is 0 Å². The van der Waals surface area contributed by atoms with Gasteiger partial charge in [-0.25, -0.2) is 0 Å². The molecule has 9 heavy (non-hydrogen) atoms. The van der Waals surface area contributed by atoms with Crippen molar-refractivity contribution < 1.29 is 4.48 Å². The minimum absolute atomic E-state index is 0.480. The molecule has 0 rings (SSSR count). The normalized spacial score (nSPS) is 11.3. The van der Waals surface area contributed by atoms with Gasteiger partial charge in [-0.15, -0.1) is 9.60 Å². The number of nitrogens with zero attached hydrogens (tertiary/aromatic N) is 2. The maximum Gasteiger partial charge on any atom is 0.0417 e. The summed E-state index contributed by atoms with van der Waals surface area (Å²) < 4.78 is 12.3. The number of likely N-dealkylation sites (N-methyl/N-ethyl adjacent to an activating group) is 2. The van der Waals surface area contributed by atoms with Crippen LogP contribution in [0.25, 0.3) is 0 Å². The molecule has 0 heterocycles. The molecule has 0 aliphatic carbocycles. The van der Waals surface area contributed by atoms with Crippen LogP contribution in [0.15, 0.2) is 0 Å². The highest BCUT2D eigenvalue weighted by Gasteiger charge is 1.97. The molecule has 0 saturated heterocycles. The zero-order valence-electron chi connectivity index (χ0n) is 6.39. The summed E-state index contributed by atoms with van der Waals surface area (Å²) in [6.45, 7) is 3.57. The number of halogens is 1. The minimum atomic E-state index is 0.480. The standard InChI is InChI=1S/C6H15FN2/c1-4-9(7)6-5-8(2)3/h4-6H2,1-3H3. The van der Waals surface area contributed by atoms with Gasteiger partial charge in [0.15, 0.2) is 0 Å². The van der Waals surface area contributed by atoms with Gasteiger partial charge in [-0.3, -0.25) is 0 Å². The van der Waals surface area contributed by atoms with Crippen LogP contribution in [0.2, 0.25) is 0 Å². The van der Waals surface area contributed by atoms with Crippen LogP contribution in [0.1, 0.15) is 6.92 Å². The van der Waals surface area contributed by atoms with E-state index >= 15 is 0 Å². The van der Waals surface area contributed by atoms with Gasteiger partial charge >= 0.3 is 0 Å². The fourth-order valence-corrected chi connectivity index (χ4v) is 0.467. The second-order valence-corrected chi connectivity index (χ2v) is 2.31. The average Bonchev–Trinajstić information content (AvgIpc) is 1.83. The number of hydrogen-bond donors (Lipinski definition) is 0. The predicted molar refractivity (Wildman–Crippen MR) is 36.9 cm³/mol. The van der Waals surface area contributed by atoms with Crippen molar-refractivity contribution in [2.45, 2.75) is 6.92 Å². The van der Waals surface area contributed by atoms with Crippen LogP contribution in [0.5, 0.6) is 0 Å². The maximum absolute atomic E-state index is 12.3. The van der Waals surface area contributed by atoms with Gasteiger partial charge in [0.25, 0.3) is 0 Å². The van der Waals surface area contributed by atoms with Crippen molar-refractivity contribution in [3.8, 4) is 0 Å². The van der Waals surface area contributed by atoms with Crippen LogP contribution in [-0.2, 0) is 0 Å². The Morgan fingerprint density at radius 1 is 1.22 bits per heavy atom. The van der Waals surface area contributed by atoms with Crippen molar-refractivity contribution in [1.29, 1.82) is 0 Å². The summed E-state index contributed by atoms with van der Waals surface area (Å²) in [5.41, 5.74) is 0. The Bertz CT molecular complexity index is 66.1. The molecular formula is C6H15FN2. The molecule has 0 amide bonds. The van der Waals surface area contributed by atoms with Gasteiger partial charge in [0.2, 0.25) is 0 Å². The molecule has 0 saturated carbocycles. The third-order valence-corrected chi connectivity index (χ3v) is 1.13. The van der Waals surface area contributed by atoms with Crippen LogP contribution in [-0.4, -0.2) is 43.8 Å². The van der Waals surface area contributed by atoms with Gasteiger partial charge < -0.3 is 4.90 Å². The summed E-state index contributed by atoms with van der Waals surface area (Å²) in [5.74, 6) is 0. The fourth-order valence-electron chi connectivity index (χ4n) is 0.467. The van der Waals surface area contributed by atoms with E-state index in [0.29, 0.717) is 13.1 Å². The van der Waals surface area contributed by atoms with Crippen LogP contribution in [0.3, 0.4) is 0 Å². The van der Waals surface area contributed by atoms with Gasteiger partial charge in [-0.1, -0.05) is 0 Å². The van der Waals surface area contributed by atoms with Crippen molar-refractivity contribution in [1.82, 2.24) is 10.0 Å². The topological polar surface area (TPSA) is 6.48 Å². The van der Waals surface area contributed by atoms with Crippen molar-refractivity contribution in [2.75, 3.05) is 33.7 Å². The van der Waals surface area contributed by atoms with E-state index in [-0.39, 0.29) is 0 Å². The molecule has 3 heteroatoms. The Hall–Kier alpha value is -0.150. The van der Waals surface area contributed by atoms with Gasteiger partial charge in [-0.2, -0.15) is 0 Å². The summed E-state index contributed by atoms with van der Waals surface area (Å²) in [4.78, 5) is 1.96. The van der Waals surface area contributed by atoms with Crippen molar-refractivity contribution in [3.63, 3.8) is 0 Å². The first-order valence-corrected chi connectivity index (χ1v) is 3.22. The van der Waals surface area contributed by atoms with E-state index in [1.807, 2.05) is 19.0 Å². The van der Waals surface area contributed by atoms with Gasteiger partial charge in [0.1, 0.15) is 0 Å². The van der Waals surface area contributed by atoms with E-state index in [0.717, 1.165) is 11.7 Å². The molecule has 0 fully saturated rings. The minimum Gasteiger partial charge on any atom is -0.308 e. The molecule has 0 aliphatic heterocycles. The van der Waals surface area contributed by atoms with E-state index in [9.17, 15) is 4.48 Å². The van der Waals surface area contributed by atoms with E-state index < -0.39 is 0 Å². The van der Waals surface area contributed by atoms with E-state index in [2.05, 4.69) is 0 Å². The Morgan fingerprint density at radius 2 is 1.78 bits per heavy atom. The Kier molecular flexibility index (Phi) is 4.62. The molecule has 0 N–H and O–H groups in total. The zero-order valence-corrected chi connectivity index (χ0v) is 6.39. The summed E-state index contributed by atoms with van der Waals surface area (Å²) >= 11 is 0. The van der Waals surface area contributed by atoms with Crippen molar-refractivity contribution in [2.24, 2.45) is 0 Å². The second kappa shape index (κ2) is 4.70. The monoisotopic (exact) mass is 134 g/mol. The average molecular weight is 134 g/mol. The highest BCUT2D eigenvalue weighted by molar-refractivity contribution is 4.45. The molecular weight excluding hydrogens is 119 g/mol. The molecule has 0 unspecified atom stereocenters. The lowest BCUT2D eigenvalue weighted by Crippen LogP contribution is -2.25. The third-order valence-electron chi connectivity index (χ3n) is 1.13. The first-order valence-electron chi connectivity index (χ1n) is 3.22. The molecule has 2 nitrogen and oxygen atoms in total. The Labute approximate surface area is 56.2 Å². The van der Waals surface area contributed by atoms with Gasteiger partial charge in [0.05, 0.1) is 0 Å². The van der Waals surface area contributed by atoms with E-state index in [1.165, 1.54) is 0 Å². The van der Waals surface area contributed by atoms with Crippen molar-refractivity contribution >= 4 is 0 Å². The van der Waals surface area contributed by atoms with Crippen LogP contribution < -0.4 is 0 Å². The molecule has 0 aromatic heterocycles. The molecule has 0 atom stereocenters. The smallest absolute Gasteiger partial charge is 0.0417 e. The summed E-state index contributed by atoms with van der Waals surface area (Å²) in [5, 5.41) is 0.806. The van der Waals surface area contributed by atoms with E-state index in [1.54, 1.807) is 6.92 Å². The van der Waals surface area contributed by atoms with Crippen LogP contribution in [0, 0.1) is 0 Å². The zero-order chi connectivity index (χ0) is 7.28. The number of rotatable bonds is 4. The highest BCUT2D eigenvalue weighted by Crippen LogP contribution is 1.86. The lowest BCUT2D eigenvalue weighted by Gasteiger charge is -2.12.